The van der Waals surface area contributed by atoms with Gasteiger partial charge in [-0.05, 0) is 26.0 Å². The number of nitrogens with one attached hydrogen (secondary N) is 1. The van der Waals surface area contributed by atoms with Crippen molar-refractivity contribution >= 4 is 34.8 Å². The summed E-state index contributed by atoms with van der Waals surface area (Å²) in [5.41, 5.74) is 1.76. The Hall–Kier alpha value is -3.06. The van der Waals surface area contributed by atoms with E-state index in [9.17, 15) is 14.4 Å². The number of benzene rings is 2. The number of carbonyl (C=O) groups excluding carboxylic acids is 3. The Morgan fingerprint density at radius 1 is 0.967 bits per heavy atom. The molecule has 2 amide bonds. The highest BCUT2D eigenvalue weighted by atomic mass is 32.1. The molecule has 3 rings (SSSR count). The highest BCUT2D eigenvalue weighted by molar-refractivity contribution is 7.80. The number of hydrogen-bond donors (Lipinski definition) is 1. The molecule has 2 aromatic rings. The van der Waals surface area contributed by atoms with Crippen LogP contribution in [0.25, 0.3) is 0 Å². The molecule has 0 aliphatic carbocycles. The van der Waals surface area contributed by atoms with Gasteiger partial charge in [-0.1, -0.05) is 54.7 Å². The van der Waals surface area contributed by atoms with Crippen LogP contribution in [0.5, 0.6) is 0 Å². The van der Waals surface area contributed by atoms with E-state index in [1.807, 2.05) is 32.0 Å². The van der Waals surface area contributed by atoms with Crippen LogP contribution < -0.4 is 5.32 Å². The third-order valence-electron chi connectivity index (χ3n) is 5.14. The molecular weight excluding hydrogens is 398 g/mol. The molecule has 0 saturated carbocycles. The Kier molecular flexibility index (Phi) is 6.95. The van der Waals surface area contributed by atoms with Crippen LogP contribution in [0.4, 0.5) is 0 Å². The normalized spacial score (nSPS) is 16.1. The average Bonchev–Trinajstić information content (AvgIpc) is 2.78. The van der Waals surface area contributed by atoms with Crippen LogP contribution in [0.2, 0.25) is 0 Å². The quantitative estimate of drug-likeness (QED) is 0.455. The summed E-state index contributed by atoms with van der Waals surface area (Å²) in [5, 5.41) is 3.05. The lowest BCUT2D eigenvalue weighted by Crippen LogP contribution is -2.56. The molecule has 1 fully saturated rings. The summed E-state index contributed by atoms with van der Waals surface area (Å²) in [7, 11) is 0. The second-order valence-electron chi connectivity index (χ2n) is 7.23. The molecule has 1 N–H and O–H groups in total. The number of hydrogen-bond acceptors (Lipinski definition) is 4. The van der Waals surface area contributed by atoms with Gasteiger partial charge in [-0.2, -0.15) is 0 Å². The lowest BCUT2D eigenvalue weighted by molar-refractivity contribution is -0.130. The minimum Gasteiger partial charge on any atom is -0.376 e. The van der Waals surface area contributed by atoms with Crippen LogP contribution in [-0.2, 0) is 4.79 Å². The van der Waals surface area contributed by atoms with E-state index in [0.717, 1.165) is 5.56 Å². The maximum Gasteiger partial charge on any atom is 0.295 e. The zero-order valence-corrected chi connectivity index (χ0v) is 17.9. The molecule has 0 bridgehead atoms. The lowest BCUT2D eigenvalue weighted by Gasteiger charge is -2.39. The molecule has 6 nitrogen and oxygen atoms in total. The van der Waals surface area contributed by atoms with Crippen molar-refractivity contribution in [3.63, 3.8) is 0 Å². The molecule has 30 heavy (non-hydrogen) atoms. The van der Waals surface area contributed by atoms with Gasteiger partial charge in [0.1, 0.15) is 4.99 Å². The minimum absolute atomic E-state index is 0.0619. The Morgan fingerprint density at radius 2 is 1.60 bits per heavy atom. The molecule has 1 unspecified atom stereocenters. The fourth-order valence-corrected chi connectivity index (χ4v) is 3.78. The molecule has 1 aliphatic heterocycles. The molecule has 2 aromatic carbocycles. The standard InChI is InChI=1S/C23H25N3O3S/c1-3-24-21(30)18-11-9-17(10-12-18)20(27)23(29)26-14-13-25(15-16(26)2)22(28)19-7-5-4-6-8-19/h4-12,16H,3,13-15H2,1-2H3,(H,24,30). The Labute approximate surface area is 181 Å². The fraction of sp³-hybridized carbons (Fsp3) is 0.304. The van der Waals surface area contributed by atoms with Crippen LogP contribution in [0, 0.1) is 0 Å². The van der Waals surface area contributed by atoms with Crippen LogP contribution in [0.15, 0.2) is 54.6 Å². The summed E-state index contributed by atoms with van der Waals surface area (Å²) in [6.45, 7) is 5.64. The number of piperazine rings is 1. The summed E-state index contributed by atoms with van der Waals surface area (Å²) in [4.78, 5) is 42.1. The van der Waals surface area contributed by atoms with Crippen molar-refractivity contribution in [3.05, 3.63) is 71.3 Å². The molecular formula is C23H25N3O3S. The van der Waals surface area contributed by atoms with Crippen molar-refractivity contribution < 1.29 is 14.4 Å². The van der Waals surface area contributed by atoms with Gasteiger partial charge in [0.25, 0.3) is 11.8 Å². The van der Waals surface area contributed by atoms with Crippen LogP contribution in [-0.4, -0.2) is 64.6 Å². The molecule has 1 heterocycles. The predicted octanol–water partition coefficient (Wildman–Crippen LogP) is 2.53. The number of nitrogens with zero attached hydrogens (tertiary/aromatic N) is 2. The zero-order valence-electron chi connectivity index (χ0n) is 17.1. The smallest absolute Gasteiger partial charge is 0.295 e. The van der Waals surface area contributed by atoms with E-state index in [4.69, 9.17) is 12.2 Å². The second kappa shape index (κ2) is 9.63. The molecule has 0 spiro atoms. The topological polar surface area (TPSA) is 69.7 Å². The average molecular weight is 424 g/mol. The van der Waals surface area contributed by atoms with Crippen molar-refractivity contribution in [1.29, 1.82) is 0 Å². The summed E-state index contributed by atoms with van der Waals surface area (Å²) in [5.74, 6) is -1.16. The molecule has 7 heteroatoms. The van der Waals surface area contributed by atoms with E-state index in [2.05, 4.69) is 5.32 Å². The van der Waals surface area contributed by atoms with Gasteiger partial charge in [-0.15, -0.1) is 0 Å². The Balaban J connectivity index is 1.64. The predicted molar refractivity (Wildman–Crippen MR) is 120 cm³/mol. The SMILES string of the molecule is CCNC(=S)c1ccc(C(=O)C(=O)N2CCN(C(=O)c3ccccc3)CC2C)cc1. The number of carbonyl (C=O) groups is 3. The van der Waals surface area contributed by atoms with Crippen molar-refractivity contribution in [2.75, 3.05) is 26.2 Å². The summed E-state index contributed by atoms with van der Waals surface area (Å²) in [6.07, 6.45) is 0. The van der Waals surface area contributed by atoms with E-state index >= 15 is 0 Å². The van der Waals surface area contributed by atoms with Gasteiger partial charge in [-0.3, -0.25) is 14.4 Å². The summed E-state index contributed by atoms with van der Waals surface area (Å²) in [6, 6.07) is 15.6. The largest absolute Gasteiger partial charge is 0.376 e. The second-order valence-corrected chi connectivity index (χ2v) is 7.64. The van der Waals surface area contributed by atoms with Gasteiger partial charge in [0, 0.05) is 48.9 Å². The Bertz CT molecular complexity index is 944. The third-order valence-corrected chi connectivity index (χ3v) is 5.52. The van der Waals surface area contributed by atoms with Crippen molar-refractivity contribution in [2.45, 2.75) is 19.9 Å². The lowest BCUT2D eigenvalue weighted by atomic mass is 10.1. The van der Waals surface area contributed by atoms with Gasteiger partial charge >= 0.3 is 0 Å². The van der Waals surface area contributed by atoms with Gasteiger partial charge in [0.15, 0.2) is 0 Å². The van der Waals surface area contributed by atoms with Gasteiger partial charge in [0.2, 0.25) is 5.78 Å². The number of thiocarbonyl (C=S) groups is 1. The molecule has 0 aromatic heterocycles. The first kappa shape index (κ1) is 21.6. The maximum absolute atomic E-state index is 12.8. The van der Waals surface area contributed by atoms with Gasteiger partial charge in [0.05, 0.1) is 0 Å². The number of Topliss-reactive ketones (excluding diaryl/α,β-unsaturated/α-hetero) is 1. The first-order chi connectivity index (χ1) is 14.4. The van der Waals surface area contributed by atoms with Crippen molar-refractivity contribution in [2.24, 2.45) is 0 Å². The van der Waals surface area contributed by atoms with Crippen LogP contribution in [0.1, 0.15) is 40.1 Å². The molecule has 156 valence electrons. The molecule has 1 atom stereocenters. The van der Waals surface area contributed by atoms with E-state index in [1.165, 1.54) is 0 Å². The zero-order chi connectivity index (χ0) is 21.7. The van der Waals surface area contributed by atoms with E-state index in [-0.39, 0.29) is 11.9 Å². The van der Waals surface area contributed by atoms with E-state index < -0.39 is 11.7 Å². The van der Waals surface area contributed by atoms with Crippen LogP contribution >= 0.6 is 12.2 Å². The highest BCUT2D eigenvalue weighted by Crippen LogP contribution is 2.16. The van der Waals surface area contributed by atoms with E-state index in [1.54, 1.807) is 46.2 Å². The summed E-state index contributed by atoms with van der Waals surface area (Å²) < 4.78 is 0. The third kappa shape index (κ3) is 4.74. The van der Waals surface area contributed by atoms with Crippen molar-refractivity contribution in [1.82, 2.24) is 15.1 Å². The van der Waals surface area contributed by atoms with E-state index in [0.29, 0.717) is 42.3 Å². The fourth-order valence-electron chi connectivity index (χ4n) is 3.50. The monoisotopic (exact) mass is 423 g/mol. The van der Waals surface area contributed by atoms with Crippen LogP contribution in [0.3, 0.4) is 0 Å². The number of ketones is 1. The van der Waals surface area contributed by atoms with Crippen molar-refractivity contribution in [3.8, 4) is 0 Å². The number of rotatable bonds is 5. The minimum atomic E-state index is -0.550. The molecule has 1 saturated heterocycles. The molecule has 1 aliphatic rings. The van der Waals surface area contributed by atoms with Gasteiger partial charge < -0.3 is 15.1 Å². The Morgan fingerprint density at radius 3 is 2.20 bits per heavy atom. The first-order valence-corrected chi connectivity index (χ1v) is 10.4. The maximum atomic E-state index is 12.8. The first-order valence-electron chi connectivity index (χ1n) is 10.00. The molecule has 0 radical (unpaired) electrons. The highest BCUT2D eigenvalue weighted by Gasteiger charge is 2.33. The van der Waals surface area contributed by atoms with Gasteiger partial charge in [-0.25, -0.2) is 0 Å². The summed E-state index contributed by atoms with van der Waals surface area (Å²) >= 11 is 5.26. The number of amides is 2.